The van der Waals surface area contributed by atoms with Gasteiger partial charge in [0.1, 0.15) is 6.33 Å². The highest BCUT2D eigenvalue weighted by Crippen LogP contribution is 2.18. The van der Waals surface area contributed by atoms with Crippen LogP contribution < -0.4 is 10.6 Å². The lowest BCUT2D eigenvalue weighted by atomic mass is 10.6. The smallest absolute Gasteiger partial charge is 0.169 e. The van der Waals surface area contributed by atoms with Crippen molar-refractivity contribution in [2.24, 2.45) is 7.05 Å². The Bertz CT molecular complexity index is 330. The molecule has 6 heteroatoms. The van der Waals surface area contributed by atoms with Crippen LogP contribution in [0.3, 0.4) is 0 Å². The first-order valence-electron chi connectivity index (χ1n) is 4.63. The molecule has 1 saturated carbocycles. The fourth-order valence-electron chi connectivity index (χ4n) is 1.09. The predicted octanol–water partition coefficient (Wildman–Crippen LogP) is -0.0584. The maximum Gasteiger partial charge on any atom is 0.169 e. The first-order chi connectivity index (χ1) is 6.74. The van der Waals surface area contributed by atoms with E-state index < -0.39 is 0 Å². The Morgan fingerprint density at radius 1 is 1.71 bits per heavy atom. The summed E-state index contributed by atoms with van der Waals surface area (Å²) in [5.41, 5.74) is 0. The molecule has 0 aliphatic heterocycles. The molecule has 1 aliphatic rings. The van der Waals surface area contributed by atoms with Crippen LogP contribution in [0.4, 0.5) is 0 Å². The lowest BCUT2D eigenvalue weighted by Gasteiger charge is -2.06. The molecule has 1 fully saturated rings. The largest absolute Gasteiger partial charge is 0.360 e. The van der Waals surface area contributed by atoms with Crippen LogP contribution in [-0.4, -0.2) is 25.9 Å². The minimum absolute atomic E-state index is 0.583. The molecule has 1 aromatic heterocycles. The van der Waals surface area contributed by atoms with Crippen molar-refractivity contribution in [2.45, 2.75) is 25.4 Å². The van der Waals surface area contributed by atoms with Crippen LogP contribution in [-0.2, 0) is 13.6 Å². The highest BCUT2D eigenvalue weighted by atomic mass is 32.1. The van der Waals surface area contributed by atoms with Gasteiger partial charge < -0.3 is 10.6 Å². The van der Waals surface area contributed by atoms with E-state index >= 15 is 0 Å². The van der Waals surface area contributed by atoms with E-state index in [-0.39, 0.29) is 0 Å². The number of nitrogens with zero attached hydrogens (tertiary/aromatic N) is 3. The van der Waals surface area contributed by atoms with Crippen molar-refractivity contribution in [1.82, 2.24) is 25.4 Å². The number of rotatable bonds is 3. The summed E-state index contributed by atoms with van der Waals surface area (Å²) in [6.45, 7) is 0.583. The number of aromatic nitrogens is 3. The van der Waals surface area contributed by atoms with Gasteiger partial charge in [0.2, 0.25) is 0 Å². The van der Waals surface area contributed by atoms with Crippen molar-refractivity contribution < 1.29 is 0 Å². The second-order valence-electron chi connectivity index (χ2n) is 3.44. The van der Waals surface area contributed by atoms with Gasteiger partial charge >= 0.3 is 0 Å². The SMILES string of the molecule is Cn1cnc(CNC(=S)NC2CC2)n1. The minimum Gasteiger partial charge on any atom is -0.360 e. The maximum absolute atomic E-state index is 5.09. The first-order valence-corrected chi connectivity index (χ1v) is 5.04. The summed E-state index contributed by atoms with van der Waals surface area (Å²) in [5.74, 6) is 0.757. The van der Waals surface area contributed by atoms with Crippen LogP contribution in [0.5, 0.6) is 0 Å². The molecule has 0 unspecified atom stereocenters. The van der Waals surface area contributed by atoms with Gasteiger partial charge in [0, 0.05) is 13.1 Å². The van der Waals surface area contributed by atoms with Gasteiger partial charge in [0.15, 0.2) is 10.9 Å². The topological polar surface area (TPSA) is 54.8 Å². The van der Waals surface area contributed by atoms with E-state index in [0.29, 0.717) is 17.7 Å². The molecule has 0 atom stereocenters. The first kappa shape index (κ1) is 9.39. The highest BCUT2D eigenvalue weighted by molar-refractivity contribution is 7.80. The van der Waals surface area contributed by atoms with Gasteiger partial charge in [-0.05, 0) is 25.1 Å². The zero-order chi connectivity index (χ0) is 9.97. The molecule has 1 aliphatic carbocycles. The summed E-state index contributed by atoms with van der Waals surface area (Å²) in [6, 6.07) is 0.590. The molecule has 1 aromatic rings. The maximum atomic E-state index is 5.09. The molecule has 2 rings (SSSR count). The standard InChI is InChI=1S/C8H13N5S/c1-13-5-10-7(12-13)4-9-8(14)11-6-2-3-6/h5-6H,2-4H2,1H3,(H2,9,11,14). The number of thiocarbonyl (C=S) groups is 1. The van der Waals surface area contributed by atoms with Gasteiger partial charge in [-0.3, -0.25) is 4.68 Å². The summed E-state index contributed by atoms with van der Waals surface area (Å²) in [7, 11) is 1.84. The Hall–Kier alpha value is -1.17. The van der Waals surface area contributed by atoms with Crippen molar-refractivity contribution in [1.29, 1.82) is 0 Å². The van der Waals surface area contributed by atoms with Crippen molar-refractivity contribution >= 4 is 17.3 Å². The lowest BCUT2D eigenvalue weighted by Crippen LogP contribution is -2.36. The molecule has 0 radical (unpaired) electrons. The highest BCUT2D eigenvalue weighted by Gasteiger charge is 2.21. The van der Waals surface area contributed by atoms with E-state index in [1.165, 1.54) is 12.8 Å². The second-order valence-corrected chi connectivity index (χ2v) is 3.84. The van der Waals surface area contributed by atoms with E-state index in [1.54, 1.807) is 11.0 Å². The van der Waals surface area contributed by atoms with Crippen LogP contribution in [0.15, 0.2) is 6.33 Å². The van der Waals surface area contributed by atoms with Crippen LogP contribution in [0.1, 0.15) is 18.7 Å². The molecule has 76 valence electrons. The number of nitrogens with one attached hydrogen (secondary N) is 2. The molecule has 0 amide bonds. The molecule has 2 N–H and O–H groups in total. The van der Waals surface area contributed by atoms with Gasteiger partial charge in [-0.15, -0.1) is 0 Å². The zero-order valence-electron chi connectivity index (χ0n) is 8.03. The summed E-state index contributed by atoms with van der Waals surface area (Å²) >= 11 is 5.09. The molecule has 0 saturated heterocycles. The molecule has 5 nitrogen and oxygen atoms in total. The Morgan fingerprint density at radius 2 is 2.50 bits per heavy atom. The van der Waals surface area contributed by atoms with Gasteiger partial charge in [-0.1, -0.05) is 0 Å². The average Bonchev–Trinajstić information content (AvgIpc) is 2.85. The molecule has 0 bridgehead atoms. The molecular formula is C8H13N5S. The summed E-state index contributed by atoms with van der Waals surface area (Å²) in [4.78, 5) is 4.08. The van der Waals surface area contributed by atoms with Gasteiger partial charge in [-0.2, -0.15) is 5.10 Å². The van der Waals surface area contributed by atoms with Crippen LogP contribution in [0.2, 0.25) is 0 Å². The van der Waals surface area contributed by atoms with Crippen molar-refractivity contribution in [3.8, 4) is 0 Å². The van der Waals surface area contributed by atoms with Crippen molar-refractivity contribution in [3.05, 3.63) is 12.2 Å². The Balaban J connectivity index is 1.73. The van der Waals surface area contributed by atoms with E-state index in [2.05, 4.69) is 20.7 Å². The number of hydrogen-bond donors (Lipinski definition) is 2. The quantitative estimate of drug-likeness (QED) is 0.686. The third kappa shape index (κ3) is 2.66. The Labute approximate surface area is 87.9 Å². The third-order valence-electron chi connectivity index (χ3n) is 1.97. The molecule has 1 heterocycles. The second kappa shape index (κ2) is 3.91. The van der Waals surface area contributed by atoms with E-state index in [4.69, 9.17) is 12.2 Å². The van der Waals surface area contributed by atoms with E-state index in [0.717, 1.165) is 5.82 Å². The van der Waals surface area contributed by atoms with Crippen LogP contribution >= 0.6 is 12.2 Å². The summed E-state index contributed by atoms with van der Waals surface area (Å²) in [5, 5.41) is 11.1. The number of hydrogen-bond acceptors (Lipinski definition) is 3. The van der Waals surface area contributed by atoms with E-state index in [1.807, 2.05) is 7.05 Å². The van der Waals surface area contributed by atoms with E-state index in [9.17, 15) is 0 Å². The molecule has 0 aromatic carbocycles. The average molecular weight is 211 g/mol. The van der Waals surface area contributed by atoms with Crippen molar-refractivity contribution in [3.63, 3.8) is 0 Å². The zero-order valence-corrected chi connectivity index (χ0v) is 8.84. The molecule has 0 spiro atoms. The Kier molecular flexibility index (Phi) is 2.62. The van der Waals surface area contributed by atoms with Crippen LogP contribution in [0, 0.1) is 0 Å². The molecular weight excluding hydrogens is 198 g/mol. The van der Waals surface area contributed by atoms with Crippen molar-refractivity contribution in [2.75, 3.05) is 0 Å². The van der Waals surface area contributed by atoms with Crippen LogP contribution in [0.25, 0.3) is 0 Å². The minimum atomic E-state index is 0.583. The normalized spacial score (nSPS) is 15.2. The third-order valence-corrected chi connectivity index (χ3v) is 2.23. The fourth-order valence-corrected chi connectivity index (χ4v) is 1.33. The number of aryl methyl sites for hydroxylation is 1. The Morgan fingerprint density at radius 3 is 3.07 bits per heavy atom. The predicted molar refractivity (Wildman–Crippen MR) is 56.6 cm³/mol. The van der Waals surface area contributed by atoms with Gasteiger partial charge in [0.05, 0.1) is 6.54 Å². The fraction of sp³-hybridized carbons (Fsp3) is 0.625. The monoisotopic (exact) mass is 211 g/mol. The molecule has 14 heavy (non-hydrogen) atoms. The van der Waals surface area contributed by atoms with Gasteiger partial charge in [-0.25, -0.2) is 4.98 Å². The summed E-state index contributed by atoms with van der Waals surface area (Å²) < 4.78 is 1.67. The summed E-state index contributed by atoms with van der Waals surface area (Å²) in [6.07, 6.45) is 4.13. The van der Waals surface area contributed by atoms with Gasteiger partial charge in [0.25, 0.3) is 0 Å². The lowest BCUT2D eigenvalue weighted by molar-refractivity contribution is 0.723.